The van der Waals surface area contributed by atoms with E-state index in [2.05, 4.69) is 16.4 Å². The van der Waals surface area contributed by atoms with Crippen LogP contribution in [0.25, 0.3) is 0 Å². The quantitative estimate of drug-likeness (QED) is 0.568. The van der Waals surface area contributed by atoms with Crippen molar-refractivity contribution >= 4 is 28.2 Å². The standard InChI is InChI=1S/C24H28N4O2S/c1-17-16-31-24(25-17)27-22-9-5-7-20(26-22)18-12-14-28(15-13-18)23(29)11-10-19-6-3-4-8-21(19)30-2/h3-9,16,18H,10-15H2,1-2H3,(H,25,26,27). The van der Waals surface area contributed by atoms with Crippen LogP contribution in [0.1, 0.15) is 42.1 Å². The van der Waals surface area contributed by atoms with Gasteiger partial charge in [0.15, 0.2) is 5.13 Å². The molecule has 6 nitrogen and oxygen atoms in total. The van der Waals surface area contributed by atoms with Crippen molar-refractivity contribution in [2.24, 2.45) is 0 Å². The number of piperidine rings is 1. The normalized spacial score (nSPS) is 14.5. The van der Waals surface area contributed by atoms with Crippen LogP contribution in [-0.4, -0.2) is 41.0 Å². The molecule has 2 aromatic heterocycles. The predicted molar refractivity (Wildman–Crippen MR) is 124 cm³/mol. The number of para-hydroxylation sites is 1. The fourth-order valence-electron chi connectivity index (χ4n) is 4.00. The zero-order valence-electron chi connectivity index (χ0n) is 18.0. The Hall–Kier alpha value is -2.93. The Morgan fingerprint density at radius 3 is 2.71 bits per heavy atom. The summed E-state index contributed by atoms with van der Waals surface area (Å²) >= 11 is 1.58. The third-order valence-corrected chi connectivity index (χ3v) is 6.57. The van der Waals surface area contributed by atoms with Crippen LogP contribution in [0.3, 0.4) is 0 Å². The SMILES string of the molecule is COc1ccccc1CCC(=O)N1CCC(c2cccc(Nc3nc(C)cs3)n2)CC1. The first-order valence-corrected chi connectivity index (χ1v) is 11.6. The molecule has 1 aliphatic rings. The van der Waals surface area contributed by atoms with Gasteiger partial charge in [-0.15, -0.1) is 11.3 Å². The lowest BCUT2D eigenvalue weighted by atomic mass is 9.92. The molecule has 1 N–H and O–H groups in total. The maximum atomic E-state index is 12.7. The van der Waals surface area contributed by atoms with Gasteiger partial charge in [0.05, 0.1) is 12.8 Å². The lowest BCUT2D eigenvalue weighted by Crippen LogP contribution is -2.38. The highest BCUT2D eigenvalue weighted by molar-refractivity contribution is 7.13. The molecule has 0 saturated carbocycles. The fraction of sp³-hybridized carbons (Fsp3) is 0.375. The summed E-state index contributed by atoms with van der Waals surface area (Å²) in [6.45, 7) is 3.54. The molecule has 7 heteroatoms. The van der Waals surface area contributed by atoms with Crippen molar-refractivity contribution in [2.45, 2.75) is 38.5 Å². The third kappa shape index (κ3) is 5.41. The molecule has 1 fully saturated rings. The number of hydrogen-bond acceptors (Lipinski definition) is 6. The summed E-state index contributed by atoms with van der Waals surface area (Å²) in [5, 5.41) is 6.17. The molecule has 1 aliphatic heterocycles. The maximum absolute atomic E-state index is 12.7. The molecule has 0 aliphatic carbocycles. The highest BCUT2D eigenvalue weighted by Gasteiger charge is 2.24. The van der Waals surface area contributed by atoms with Crippen molar-refractivity contribution in [2.75, 3.05) is 25.5 Å². The zero-order valence-corrected chi connectivity index (χ0v) is 18.8. The van der Waals surface area contributed by atoms with Gasteiger partial charge in [0, 0.05) is 36.5 Å². The molecule has 31 heavy (non-hydrogen) atoms. The summed E-state index contributed by atoms with van der Waals surface area (Å²) in [5.41, 5.74) is 3.17. The van der Waals surface area contributed by atoms with Crippen LogP contribution in [-0.2, 0) is 11.2 Å². The molecule has 0 spiro atoms. The number of nitrogens with zero attached hydrogens (tertiary/aromatic N) is 3. The summed E-state index contributed by atoms with van der Waals surface area (Å²) in [7, 11) is 1.67. The van der Waals surface area contributed by atoms with Crippen molar-refractivity contribution in [3.8, 4) is 5.75 Å². The molecule has 162 valence electrons. The monoisotopic (exact) mass is 436 g/mol. The van der Waals surface area contributed by atoms with E-state index < -0.39 is 0 Å². The molecular formula is C24H28N4O2S. The van der Waals surface area contributed by atoms with E-state index in [0.29, 0.717) is 18.8 Å². The zero-order chi connectivity index (χ0) is 21.6. The summed E-state index contributed by atoms with van der Waals surface area (Å²) in [4.78, 5) is 24.0. The number of anilines is 2. The number of aryl methyl sites for hydroxylation is 2. The summed E-state index contributed by atoms with van der Waals surface area (Å²) in [6.07, 6.45) is 3.09. The minimum Gasteiger partial charge on any atom is -0.496 e. The maximum Gasteiger partial charge on any atom is 0.222 e. The Labute approximate surface area is 187 Å². The average molecular weight is 437 g/mol. The molecular weight excluding hydrogens is 408 g/mol. The van der Waals surface area contributed by atoms with Crippen molar-refractivity contribution in [1.29, 1.82) is 0 Å². The van der Waals surface area contributed by atoms with Gasteiger partial charge in [-0.05, 0) is 49.9 Å². The Morgan fingerprint density at radius 1 is 1.16 bits per heavy atom. The van der Waals surface area contributed by atoms with Crippen molar-refractivity contribution in [1.82, 2.24) is 14.9 Å². The first-order chi connectivity index (χ1) is 15.1. The summed E-state index contributed by atoms with van der Waals surface area (Å²) in [6, 6.07) is 14.0. The van der Waals surface area contributed by atoms with Gasteiger partial charge in [-0.2, -0.15) is 0 Å². The lowest BCUT2D eigenvalue weighted by molar-refractivity contribution is -0.132. The second-order valence-corrected chi connectivity index (χ2v) is 8.69. The number of benzene rings is 1. The van der Waals surface area contributed by atoms with Gasteiger partial charge in [-0.25, -0.2) is 9.97 Å². The molecule has 0 atom stereocenters. The van der Waals surface area contributed by atoms with E-state index in [0.717, 1.165) is 59.6 Å². The fourth-order valence-corrected chi connectivity index (χ4v) is 4.70. The largest absolute Gasteiger partial charge is 0.496 e. The Balaban J connectivity index is 1.30. The topological polar surface area (TPSA) is 67.3 Å². The van der Waals surface area contributed by atoms with Gasteiger partial charge in [0.2, 0.25) is 5.91 Å². The smallest absolute Gasteiger partial charge is 0.222 e. The van der Waals surface area contributed by atoms with E-state index in [9.17, 15) is 4.79 Å². The van der Waals surface area contributed by atoms with E-state index in [4.69, 9.17) is 9.72 Å². The van der Waals surface area contributed by atoms with Crippen LogP contribution < -0.4 is 10.1 Å². The minimum atomic E-state index is 0.215. The predicted octanol–water partition coefficient (Wildman–Crippen LogP) is 4.94. The number of amides is 1. The number of rotatable bonds is 7. The van der Waals surface area contributed by atoms with Gasteiger partial charge >= 0.3 is 0 Å². The van der Waals surface area contributed by atoms with Crippen molar-refractivity contribution in [3.63, 3.8) is 0 Å². The second-order valence-electron chi connectivity index (χ2n) is 7.83. The van der Waals surface area contributed by atoms with E-state index in [1.54, 1.807) is 18.4 Å². The van der Waals surface area contributed by atoms with Crippen LogP contribution in [0.5, 0.6) is 5.75 Å². The van der Waals surface area contributed by atoms with Gasteiger partial charge in [0.1, 0.15) is 11.6 Å². The minimum absolute atomic E-state index is 0.215. The Bertz CT molecular complexity index is 1030. The molecule has 0 unspecified atom stereocenters. The van der Waals surface area contributed by atoms with Crippen LogP contribution in [0.15, 0.2) is 47.8 Å². The molecule has 4 rings (SSSR count). The van der Waals surface area contributed by atoms with Crippen LogP contribution in [0, 0.1) is 6.92 Å². The first-order valence-electron chi connectivity index (χ1n) is 10.7. The number of carbonyl (C=O) groups is 1. The highest BCUT2D eigenvalue weighted by atomic mass is 32.1. The summed E-state index contributed by atoms with van der Waals surface area (Å²) < 4.78 is 5.39. The van der Waals surface area contributed by atoms with Gasteiger partial charge in [0.25, 0.3) is 0 Å². The molecule has 0 radical (unpaired) electrons. The Kier molecular flexibility index (Phi) is 6.82. The number of nitrogens with one attached hydrogen (secondary N) is 1. The number of carbonyl (C=O) groups excluding carboxylic acids is 1. The number of aromatic nitrogens is 2. The first kappa shape index (κ1) is 21.3. The molecule has 3 heterocycles. The number of hydrogen-bond donors (Lipinski definition) is 1. The van der Waals surface area contributed by atoms with E-state index in [-0.39, 0.29) is 5.91 Å². The lowest BCUT2D eigenvalue weighted by Gasteiger charge is -2.32. The van der Waals surface area contributed by atoms with Gasteiger partial charge in [-0.3, -0.25) is 4.79 Å². The number of thiazole rings is 1. The van der Waals surface area contributed by atoms with Crippen molar-refractivity contribution in [3.05, 3.63) is 64.8 Å². The van der Waals surface area contributed by atoms with E-state index >= 15 is 0 Å². The molecule has 1 saturated heterocycles. The van der Waals surface area contributed by atoms with Crippen LogP contribution in [0.2, 0.25) is 0 Å². The number of pyridine rings is 1. The van der Waals surface area contributed by atoms with Crippen molar-refractivity contribution < 1.29 is 9.53 Å². The van der Waals surface area contributed by atoms with Gasteiger partial charge in [-0.1, -0.05) is 24.3 Å². The molecule has 0 bridgehead atoms. The number of likely N-dealkylation sites (tertiary alicyclic amines) is 1. The molecule has 1 amide bonds. The van der Waals surface area contributed by atoms with Gasteiger partial charge < -0.3 is 15.0 Å². The van der Waals surface area contributed by atoms with E-state index in [1.165, 1.54) is 0 Å². The van der Waals surface area contributed by atoms with E-state index in [1.807, 2.05) is 53.6 Å². The highest BCUT2D eigenvalue weighted by Crippen LogP contribution is 2.29. The number of methoxy groups -OCH3 is 1. The third-order valence-electron chi connectivity index (χ3n) is 5.69. The number of ether oxygens (including phenoxy) is 1. The molecule has 1 aromatic carbocycles. The second kappa shape index (κ2) is 9.92. The summed E-state index contributed by atoms with van der Waals surface area (Å²) in [5.74, 6) is 2.26. The van der Waals surface area contributed by atoms with Crippen LogP contribution >= 0.6 is 11.3 Å². The molecule has 3 aromatic rings. The average Bonchev–Trinajstić information content (AvgIpc) is 3.22. The van der Waals surface area contributed by atoms with Crippen LogP contribution in [0.4, 0.5) is 10.9 Å². The Morgan fingerprint density at radius 2 is 1.97 bits per heavy atom.